The van der Waals surface area contributed by atoms with Crippen molar-refractivity contribution in [3.63, 3.8) is 0 Å². The second kappa shape index (κ2) is 62.6. The van der Waals surface area contributed by atoms with Crippen LogP contribution in [0.1, 0.15) is 219 Å². The smallest absolute Gasteiger partial charge is 0.462 e. The molecule has 0 aromatic rings. The van der Waals surface area contributed by atoms with E-state index in [0.717, 1.165) is 154 Å². The van der Waals surface area contributed by atoms with Crippen LogP contribution < -0.4 is 5.73 Å². The second-order valence-corrected chi connectivity index (χ2v) is 20.9. The first-order chi connectivity index (χ1) is 38.8. The molecule has 0 bridgehead atoms. The molecule has 0 aliphatic carbocycles. The average Bonchev–Trinajstić information content (AvgIpc) is 3.44. The third kappa shape index (κ3) is 62.4. The molecule has 2 atom stereocenters. The lowest BCUT2D eigenvalue weighted by Crippen LogP contribution is -2.29. The molecule has 0 aromatic heterocycles. The Morgan fingerprint density at radius 1 is 0.380 bits per heavy atom. The molecule has 0 aliphatic rings. The molecule has 0 saturated heterocycles. The summed E-state index contributed by atoms with van der Waals surface area (Å²) in [5.41, 5.74) is 5.38. The number of allylic oxidation sites excluding steroid dienone is 28. The van der Waals surface area contributed by atoms with Gasteiger partial charge in [-0.25, -0.2) is 4.57 Å². The van der Waals surface area contributed by atoms with Crippen molar-refractivity contribution < 1.29 is 37.6 Å². The maximum Gasteiger partial charge on any atom is 0.472 e. The Balaban J connectivity index is 4.07. The first-order valence-corrected chi connectivity index (χ1v) is 32.1. The number of rotatable bonds is 55. The van der Waals surface area contributed by atoms with Gasteiger partial charge in [0.15, 0.2) is 6.10 Å². The number of phosphoric acid groups is 1. The minimum absolute atomic E-state index is 0.0401. The Morgan fingerprint density at radius 3 is 0.975 bits per heavy atom. The molecule has 79 heavy (non-hydrogen) atoms. The van der Waals surface area contributed by atoms with Crippen LogP contribution in [0.2, 0.25) is 0 Å². The highest BCUT2D eigenvalue weighted by molar-refractivity contribution is 7.47. The van der Waals surface area contributed by atoms with Gasteiger partial charge >= 0.3 is 19.8 Å². The summed E-state index contributed by atoms with van der Waals surface area (Å²) >= 11 is 0. The summed E-state index contributed by atoms with van der Waals surface area (Å²) in [5, 5.41) is 0. The van der Waals surface area contributed by atoms with Crippen LogP contribution in [0, 0.1) is 0 Å². The van der Waals surface area contributed by atoms with E-state index >= 15 is 0 Å². The van der Waals surface area contributed by atoms with Crippen molar-refractivity contribution in [2.75, 3.05) is 26.4 Å². The molecule has 3 N–H and O–H groups in total. The van der Waals surface area contributed by atoms with Gasteiger partial charge in [0, 0.05) is 19.4 Å². The van der Waals surface area contributed by atoms with Crippen LogP contribution >= 0.6 is 7.82 Å². The number of hydrogen-bond acceptors (Lipinski definition) is 8. The zero-order valence-electron chi connectivity index (χ0n) is 49.5. The van der Waals surface area contributed by atoms with E-state index in [1.165, 1.54) is 25.7 Å². The Morgan fingerprint density at radius 2 is 0.658 bits per heavy atom. The van der Waals surface area contributed by atoms with E-state index < -0.39 is 32.5 Å². The van der Waals surface area contributed by atoms with Crippen molar-refractivity contribution in [2.24, 2.45) is 5.73 Å². The van der Waals surface area contributed by atoms with Gasteiger partial charge in [0.25, 0.3) is 0 Å². The molecule has 0 aromatic carbocycles. The molecule has 444 valence electrons. The number of nitrogens with two attached hydrogens (primary N) is 1. The molecular weight excluding hydrogens is 1000 g/mol. The maximum atomic E-state index is 12.7. The van der Waals surface area contributed by atoms with Crippen molar-refractivity contribution in [1.82, 2.24) is 0 Å². The van der Waals surface area contributed by atoms with Gasteiger partial charge in [0.1, 0.15) is 6.61 Å². The monoisotopic (exact) mass is 1110 g/mol. The third-order valence-electron chi connectivity index (χ3n) is 12.1. The predicted molar refractivity (Wildman–Crippen MR) is 339 cm³/mol. The van der Waals surface area contributed by atoms with Gasteiger partial charge in [-0.1, -0.05) is 248 Å². The first kappa shape index (κ1) is 74.4. The molecule has 0 aliphatic heterocycles. The number of phosphoric ester groups is 1. The fourth-order valence-electron chi connectivity index (χ4n) is 7.65. The van der Waals surface area contributed by atoms with E-state index in [1.54, 1.807) is 0 Å². The highest BCUT2D eigenvalue weighted by Gasteiger charge is 2.26. The van der Waals surface area contributed by atoms with Gasteiger partial charge in [-0.15, -0.1) is 0 Å². The summed E-state index contributed by atoms with van der Waals surface area (Å²) in [6.07, 6.45) is 92.6. The van der Waals surface area contributed by atoms with Crippen molar-refractivity contribution in [3.8, 4) is 0 Å². The molecule has 0 heterocycles. The fourth-order valence-corrected chi connectivity index (χ4v) is 8.42. The largest absolute Gasteiger partial charge is 0.472 e. The Bertz CT molecular complexity index is 1890. The Hall–Kier alpha value is -4.63. The quantitative estimate of drug-likeness (QED) is 0.0264. The van der Waals surface area contributed by atoms with Gasteiger partial charge in [-0.05, 0) is 128 Å². The highest BCUT2D eigenvalue weighted by Crippen LogP contribution is 2.43. The van der Waals surface area contributed by atoms with Gasteiger partial charge in [0.2, 0.25) is 0 Å². The van der Waals surface area contributed by atoms with Gasteiger partial charge in [-0.2, -0.15) is 0 Å². The molecule has 0 spiro atoms. The van der Waals surface area contributed by atoms with E-state index in [2.05, 4.69) is 184 Å². The van der Waals surface area contributed by atoms with Crippen LogP contribution in [0.4, 0.5) is 0 Å². The van der Waals surface area contributed by atoms with E-state index in [9.17, 15) is 19.0 Å². The average molecular weight is 1110 g/mol. The van der Waals surface area contributed by atoms with Crippen LogP contribution in [0.3, 0.4) is 0 Å². The Labute approximate surface area is 482 Å². The molecule has 10 heteroatoms. The molecule has 0 fully saturated rings. The van der Waals surface area contributed by atoms with Crippen LogP contribution in [-0.4, -0.2) is 49.3 Å². The van der Waals surface area contributed by atoms with Crippen molar-refractivity contribution in [2.45, 2.75) is 225 Å². The van der Waals surface area contributed by atoms with Gasteiger partial charge < -0.3 is 20.1 Å². The van der Waals surface area contributed by atoms with Crippen LogP contribution in [0.25, 0.3) is 0 Å². The standard InChI is InChI=1S/C69H110NO8P/c1-3-5-7-9-11-13-15-17-19-21-23-25-26-27-28-29-30-31-32-33-34-35-36-37-38-39-40-42-44-46-48-50-52-54-56-58-60-62-69(72)78-67(66-77-79(73,74)76-64-63-70)65-75-68(71)61-59-57-55-53-51-49-47-45-43-41-24-22-20-18-16-14-12-10-8-6-4-2/h5-8,11-14,17-20,23-25,27-28,30-31,33-34,36-37,39-41,44,46,67H,3-4,9-10,15-16,21-22,26,29,32,35,38,42-43,45,47-66,70H2,1-2H3,(H,73,74)/b7-5-,8-6-,13-11-,14-12-,19-17-,20-18-,25-23-,28-27-,31-30-,34-33-,37-36-,40-39-,41-24-,46-44-. The zero-order chi connectivity index (χ0) is 57.3. The van der Waals surface area contributed by atoms with Crippen molar-refractivity contribution in [1.29, 1.82) is 0 Å². The van der Waals surface area contributed by atoms with Crippen LogP contribution in [0.15, 0.2) is 170 Å². The van der Waals surface area contributed by atoms with Crippen LogP contribution in [0.5, 0.6) is 0 Å². The van der Waals surface area contributed by atoms with Gasteiger partial charge in [-0.3, -0.25) is 18.6 Å². The minimum Gasteiger partial charge on any atom is -0.462 e. The molecule has 0 rings (SSSR count). The van der Waals surface area contributed by atoms with Crippen molar-refractivity contribution in [3.05, 3.63) is 170 Å². The fraction of sp³-hybridized carbons (Fsp3) is 0.565. The number of unbranched alkanes of at least 4 members (excludes halogenated alkanes) is 14. The summed E-state index contributed by atoms with van der Waals surface area (Å²) in [7, 11) is -4.41. The zero-order valence-corrected chi connectivity index (χ0v) is 50.4. The number of carbonyl (C=O) groups is 2. The second-order valence-electron chi connectivity index (χ2n) is 19.5. The van der Waals surface area contributed by atoms with Crippen LogP contribution in [-0.2, 0) is 32.7 Å². The normalized spacial score (nSPS) is 14.2. The number of ether oxygens (including phenoxy) is 2. The number of carbonyl (C=O) groups excluding carboxylic acids is 2. The minimum atomic E-state index is -4.41. The lowest BCUT2D eigenvalue weighted by molar-refractivity contribution is -0.161. The first-order valence-electron chi connectivity index (χ1n) is 30.6. The summed E-state index contributed by atoms with van der Waals surface area (Å²) in [4.78, 5) is 35.2. The molecular formula is C69H110NO8P. The van der Waals surface area contributed by atoms with Gasteiger partial charge in [0.05, 0.1) is 13.2 Å². The molecule has 0 radical (unpaired) electrons. The lowest BCUT2D eigenvalue weighted by Gasteiger charge is -2.19. The molecule has 2 unspecified atom stereocenters. The summed E-state index contributed by atoms with van der Waals surface area (Å²) in [6, 6.07) is 0. The number of esters is 2. The van der Waals surface area contributed by atoms with E-state index in [0.29, 0.717) is 12.8 Å². The summed E-state index contributed by atoms with van der Waals surface area (Å²) < 4.78 is 33.0. The highest BCUT2D eigenvalue weighted by atomic mass is 31.2. The maximum absolute atomic E-state index is 12.7. The lowest BCUT2D eigenvalue weighted by atomic mass is 10.1. The topological polar surface area (TPSA) is 134 Å². The molecule has 0 saturated carbocycles. The van der Waals surface area contributed by atoms with E-state index in [-0.39, 0.29) is 32.6 Å². The number of hydrogen-bond donors (Lipinski definition) is 2. The summed E-state index contributed by atoms with van der Waals surface area (Å²) in [5.74, 6) is -0.867. The molecule has 9 nitrogen and oxygen atoms in total. The SMILES string of the molecule is CC/C=C\C/C=C\C/C=C\C/C=C\C/C=C\C/C=C\C/C=C\C/C=C\C/C=C\C/C=C\CCCCCCCCC(=O)OC(COC(=O)CCCCCCCCCC/C=C\C/C=C\C/C=C\C/C=C\CC)COP(=O)(O)OCCN. The van der Waals surface area contributed by atoms with Crippen molar-refractivity contribution >= 4 is 19.8 Å². The van der Waals surface area contributed by atoms with E-state index in [4.69, 9.17) is 24.3 Å². The molecule has 0 amide bonds. The summed E-state index contributed by atoms with van der Waals surface area (Å²) in [6.45, 7) is 3.47. The Kier molecular flexibility index (Phi) is 58.9. The third-order valence-corrected chi connectivity index (χ3v) is 13.1. The van der Waals surface area contributed by atoms with E-state index in [1.807, 2.05) is 0 Å². The predicted octanol–water partition coefficient (Wildman–Crippen LogP) is 19.8.